The molecule has 0 radical (unpaired) electrons. The van der Waals surface area contributed by atoms with E-state index in [1.807, 2.05) is 0 Å². The molecule has 0 aromatic heterocycles. The van der Waals surface area contributed by atoms with E-state index in [1.165, 1.54) is 19.9 Å². The van der Waals surface area contributed by atoms with E-state index in [0.717, 1.165) is 5.57 Å². The fraction of sp³-hybridized carbons (Fsp3) is 0.455. The van der Waals surface area contributed by atoms with Gasteiger partial charge in [0.2, 0.25) is 0 Å². The Balaban J connectivity index is 2.62. The Morgan fingerprint density at radius 1 is 1.43 bits per heavy atom. The molecule has 1 aliphatic rings. The van der Waals surface area contributed by atoms with Gasteiger partial charge < -0.3 is 4.74 Å². The van der Waals surface area contributed by atoms with Crippen LogP contribution in [0.1, 0.15) is 27.2 Å². The SMILES string of the molecule is CC(=O)/C=C/C1CC(C(C)=O)=C(C)O1. The molecule has 1 unspecified atom stereocenters. The minimum atomic E-state index is -0.155. The lowest BCUT2D eigenvalue weighted by atomic mass is 10.1. The molecular weight excluding hydrogens is 180 g/mol. The molecule has 76 valence electrons. The third kappa shape index (κ3) is 2.55. The van der Waals surface area contributed by atoms with Crippen LogP contribution in [0.3, 0.4) is 0 Å². The maximum atomic E-state index is 11.1. The first kappa shape index (κ1) is 10.7. The van der Waals surface area contributed by atoms with Crippen molar-refractivity contribution in [3.05, 3.63) is 23.5 Å². The van der Waals surface area contributed by atoms with Crippen LogP contribution in [0, 0.1) is 0 Å². The summed E-state index contributed by atoms with van der Waals surface area (Å²) in [5.74, 6) is 0.708. The minimum absolute atomic E-state index is 0.0115. The lowest BCUT2D eigenvalue weighted by Gasteiger charge is -2.04. The number of carbonyl (C=O) groups is 2. The van der Waals surface area contributed by atoms with Crippen LogP contribution in [0.15, 0.2) is 23.5 Å². The molecule has 0 bridgehead atoms. The molecule has 0 amide bonds. The van der Waals surface area contributed by atoms with E-state index < -0.39 is 0 Å². The first-order valence-electron chi connectivity index (χ1n) is 4.57. The predicted molar refractivity (Wildman–Crippen MR) is 52.7 cm³/mol. The average Bonchev–Trinajstić information content (AvgIpc) is 2.43. The topological polar surface area (TPSA) is 43.4 Å². The number of hydrogen-bond acceptors (Lipinski definition) is 3. The standard InChI is InChI=1S/C11H14O3/c1-7(12)4-5-10-6-11(8(2)13)9(3)14-10/h4-5,10H,6H2,1-3H3/b5-4+. The van der Waals surface area contributed by atoms with E-state index in [9.17, 15) is 9.59 Å². The summed E-state index contributed by atoms with van der Waals surface area (Å²) in [6.07, 6.45) is 3.59. The predicted octanol–water partition coefficient (Wildman–Crippen LogP) is 1.78. The Morgan fingerprint density at radius 3 is 2.50 bits per heavy atom. The van der Waals surface area contributed by atoms with Crippen molar-refractivity contribution >= 4 is 11.6 Å². The highest BCUT2D eigenvalue weighted by Gasteiger charge is 2.23. The van der Waals surface area contributed by atoms with Gasteiger partial charge in [0.25, 0.3) is 0 Å². The molecule has 3 nitrogen and oxygen atoms in total. The van der Waals surface area contributed by atoms with Gasteiger partial charge in [0, 0.05) is 12.0 Å². The Labute approximate surface area is 83.4 Å². The van der Waals surface area contributed by atoms with Gasteiger partial charge in [0.1, 0.15) is 11.9 Å². The molecule has 1 rings (SSSR count). The summed E-state index contributed by atoms with van der Waals surface area (Å²) < 4.78 is 5.41. The maximum Gasteiger partial charge on any atom is 0.159 e. The molecule has 0 spiro atoms. The molecule has 1 heterocycles. The van der Waals surface area contributed by atoms with E-state index in [2.05, 4.69) is 0 Å². The summed E-state index contributed by atoms with van der Waals surface area (Å²) in [6.45, 7) is 4.79. The van der Waals surface area contributed by atoms with Crippen molar-refractivity contribution < 1.29 is 14.3 Å². The number of rotatable bonds is 3. The van der Waals surface area contributed by atoms with Gasteiger partial charge >= 0.3 is 0 Å². The van der Waals surface area contributed by atoms with E-state index >= 15 is 0 Å². The van der Waals surface area contributed by atoms with Crippen molar-refractivity contribution in [3.8, 4) is 0 Å². The van der Waals surface area contributed by atoms with Gasteiger partial charge in [-0.2, -0.15) is 0 Å². The van der Waals surface area contributed by atoms with E-state index in [4.69, 9.17) is 4.74 Å². The first-order chi connectivity index (χ1) is 6.50. The van der Waals surface area contributed by atoms with Crippen LogP contribution in [0.2, 0.25) is 0 Å². The summed E-state index contributed by atoms with van der Waals surface area (Å²) in [6, 6.07) is 0. The molecule has 0 N–H and O–H groups in total. The number of hydrogen-bond donors (Lipinski definition) is 0. The van der Waals surface area contributed by atoms with Gasteiger partial charge in [-0.3, -0.25) is 9.59 Å². The van der Waals surface area contributed by atoms with Crippen LogP contribution in [-0.2, 0) is 14.3 Å². The van der Waals surface area contributed by atoms with Crippen LogP contribution in [0.5, 0.6) is 0 Å². The molecule has 1 aliphatic heterocycles. The lowest BCUT2D eigenvalue weighted by Crippen LogP contribution is -2.03. The number of allylic oxidation sites excluding steroid dienone is 2. The van der Waals surface area contributed by atoms with Crippen molar-refractivity contribution in [2.24, 2.45) is 0 Å². The fourth-order valence-electron chi connectivity index (χ4n) is 1.43. The van der Waals surface area contributed by atoms with E-state index in [-0.39, 0.29) is 17.7 Å². The molecule has 14 heavy (non-hydrogen) atoms. The molecule has 0 aliphatic carbocycles. The van der Waals surface area contributed by atoms with Crippen LogP contribution in [0.25, 0.3) is 0 Å². The molecule has 3 heteroatoms. The fourth-order valence-corrected chi connectivity index (χ4v) is 1.43. The summed E-state index contributed by atoms with van der Waals surface area (Å²) in [4.78, 5) is 21.8. The zero-order chi connectivity index (χ0) is 10.7. The van der Waals surface area contributed by atoms with Crippen molar-refractivity contribution in [1.29, 1.82) is 0 Å². The summed E-state index contributed by atoms with van der Waals surface area (Å²) in [7, 11) is 0. The number of carbonyl (C=O) groups excluding carboxylic acids is 2. The van der Waals surface area contributed by atoms with Crippen LogP contribution < -0.4 is 0 Å². The summed E-state index contributed by atoms with van der Waals surface area (Å²) in [5.41, 5.74) is 0.725. The van der Waals surface area contributed by atoms with Gasteiger partial charge in [-0.25, -0.2) is 0 Å². The van der Waals surface area contributed by atoms with Crippen molar-refractivity contribution in [1.82, 2.24) is 0 Å². The van der Waals surface area contributed by atoms with Crippen molar-refractivity contribution in [2.45, 2.75) is 33.3 Å². The Bertz CT molecular complexity index is 323. The molecule has 0 aromatic rings. The van der Waals surface area contributed by atoms with Gasteiger partial charge in [-0.05, 0) is 32.9 Å². The molecule has 0 aromatic carbocycles. The van der Waals surface area contributed by atoms with Crippen molar-refractivity contribution in [3.63, 3.8) is 0 Å². The molecule has 0 saturated carbocycles. The highest BCUT2D eigenvalue weighted by molar-refractivity contribution is 5.94. The largest absolute Gasteiger partial charge is 0.490 e. The zero-order valence-electron chi connectivity index (χ0n) is 8.66. The number of ether oxygens (including phenoxy) is 1. The van der Waals surface area contributed by atoms with Crippen LogP contribution in [0.4, 0.5) is 0 Å². The van der Waals surface area contributed by atoms with Gasteiger partial charge in [-0.15, -0.1) is 0 Å². The molecular formula is C11H14O3. The zero-order valence-corrected chi connectivity index (χ0v) is 8.66. The van der Waals surface area contributed by atoms with Gasteiger partial charge in [-0.1, -0.05) is 0 Å². The van der Waals surface area contributed by atoms with Gasteiger partial charge in [0.05, 0.1) is 0 Å². The Kier molecular flexibility index (Phi) is 3.23. The Hall–Kier alpha value is -1.38. The second-order valence-corrected chi connectivity index (χ2v) is 3.42. The summed E-state index contributed by atoms with van der Waals surface area (Å²) in [5, 5.41) is 0. The third-order valence-corrected chi connectivity index (χ3v) is 2.13. The van der Waals surface area contributed by atoms with Gasteiger partial charge in [0.15, 0.2) is 11.6 Å². The van der Waals surface area contributed by atoms with Crippen LogP contribution in [-0.4, -0.2) is 17.7 Å². The van der Waals surface area contributed by atoms with E-state index in [0.29, 0.717) is 12.2 Å². The quantitative estimate of drug-likeness (QED) is 0.643. The monoisotopic (exact) mass is 194 g/mol. The summed E-state index contributed by atoms with van der Waals surface area (Å²) >= 11 is 0. The number of Topliss-reactive ketones (excluding diaryl/α,β-unsaturated/α-hetero) is 1. The lowest BCUT2D eigenvalue weighted by molar-refractivity contribution is -0.114. The Morgan fingerprint density at radius 2 is 2.07 bits per heavy atom. The maximum absolute atomic E-state index is 11.1. The highest BCUT2D eigenvalue weighted by Crippen LogP contribution is 2.25. The third-order valence-electron chi connectivity index (χ3n) is 2.13. The molecule has 0 fully saturated rings. The second-order valence-electron chi connectivity index (χ2n) is 3.42. The van der Waals surface area contributed by atoms with E-state index in [1.54, 1.807) is 13.0 Å². The minimum Gasteiger partial charge on any atom is -0.490 e. The molecule has 1 atom stereocenters. The van der Waals surface area contributed by atoms with Crippen molar-refractivity contribution in [2.75, 3.05) is 0 Å². The normalized spacial score (nSPS) is 21.5. The highest BCUT2D eigenvalue weighted by atomic mass is 16.5. The number of ketones is 2. The molecule has 0 saturated heterocycles. The second kappa shape index (κ2) is 4.22. The average molecular weight is 194 g/mol. The van der Waals surface area contributed by atoms with Crippen LogP contribution >= 0.6 is 0 Å². The first-order valence-corrected chi connectivity index (χ1v) is 4.57. The smallest absolute Gasteiger partial charge is 0.159 e.